The average Bonchev–Trinajstić information content (AvgIpc) is 2.39. The molecule has 1 aromatic carbocycles. The van der Waals surface area contributed by atoms with E-state index in [1.807, 2.05) is 0 Å². The lowest BCUT2D eigenvalue weighted by atomic mass is 10.2. The second-order valence-corrected chi connectivity index (χ2v) is 6.73. The number of nitrogens with zero attached hydrogens (tertiary/aromatic N) is 1. The van der Waals surface area contributed by atoms with Gasteiger partial charge in [-0.05, 0) is 24.6 Å². The van der Waals surface area contributed by atoms with Gasteiger partial charge in [-0.15, -0.1) is 0 Å². The largest absolute Gasteiger partial charge is 0.392 e. The first-order chi connectivity index (χ1) is 8.96. The zero-order chi connectivity index (χ0) is 14.0. The number of rotatable bonds is 3. The first-order valence-corrected chi connectivity index (χ1v) is 7.77. The highest BCUT2D eigenvalue weighted by molar-refractivity contribution is 7.89. The molecular weight excluding hydrogens is 290 g/mol. The van der Waals surface area contributed by atoms with Crippen molar-refractivity contribution in [3.63, 3.8) is 0 Å². The summed E-state index contributed by atoms with van der Waals surface area (Å²) >= 11 is 5.99. The van der Waals surface area contributed by atoms with E-state index in [1.165, 1.54) is 16.4 Å². The van der Waals surface area contributed by atoms with Crippen LogP contribution in [0.1, 0.15) is 12.5 Å². The molecular formula is C12H16ClNO4S. The van der Waals surface area contributed by atoms with Gasteiger partial charge >= 0.3 is 0 Å². The molecule has 0 saturated carbocycles. The molecule has 1 heterocycles. The summed E-state index contributed by atoms with van der Waals surface area (Å²) in [6.45, 7) is 2.62. The van der Waals surface area contributed by atoms with Gasteiger partial charge in [0.25, 0.3) is 0 Å². The molecule has 1 saturated heterocycles. The lowest BCUT2D eigenvalue weighted by Gasteiger charge is -2.32. The molecule has 1 aliphatic heterocycles. The van der Waals surface area contributed by atoms with Crippen molar-refractivity contribution in [2.45, 2.75) is 24.5 Å². The molecule has 0 aliphatic carbocycles. The van der Waals surface area contributed by atoms with Crippen molar-refractivity contribution in [2.75, 3.05) is 19.8 Å². The highest BCUT2D eigenvalue weighted by atomic mass is 35.5. The highest BCUT2D eigenvalue weighted by Gasteiger charge is 2.32. The number of ether oxygens (including phenoxy) is 1. The Labute approximate surface area is 117 Å². The maximum absolute atomic E-state index is 12.6. The summed E-state index contributed by atoms with van der Waals surface area (Å²) < 4.78 is 31.8. The molecule has 106 valence electrons. The maximum Gasteiger partial charge on any atom is 0.244 e. The molecule has 1 N–H and O–H groups in total. The normalized spacial score (nSPS) is 21.5. The van der Waals surface area contributed by atoms with Gasteiger partial charge < -0.3 is 9.84 Å². The molecule has 1 atom stereocenters. The maximum atomic E-state index is 12.6. The number of aliphatic hydroxyl groups excluding tert-OH is 1. The lowest BCUT2D eigenvalue weighted by Crippen LogP contribution is -2.47. The lowest BCUT2D eigenvalue weighted by molar-refractivity contribution is 0.0393. The van der Waals surface area contributed by atoms with Crippen molar-refractivity contribution in [1.29, 1.82) is 0 Å². The minimum absolute atomic E-state index is 0.0365. The van der Waals surface area contributed by atoms with Crippen molar-refractivity contribution in [1.82, 2.24) is 4.31 Å². The third-order valence-electron chi connectivity index (χ3n) is 3.07. The molecule has 7 heteroatoms. The van der Waals surface area contributed by atoms with Crippen molar-refractivity contribution < 1.29 is 18.3 Å². The van der Waals surface area contributed by atoms with Crippen LogP contribution in [0, 0.1) is 0 Å². The fraction of sp³-hybridized carbons (Fsp3) is 0.500. The molecule has 0 bridgehead atoms. The fourth-order valence-electron chi connectivity index (χ4n) is 2.04. The van der Waals surface area contributed by atoms with E-state index in [0.29, 0.717) is 25.3 Å². The monoisotopic (exact) mass is 305 g/mol. The Bertz CT molecular complexity index is 561. The van der Waals surface area contributed by atoms with Crippen molar-refractivity contribution in [3.05, 3.63) is 28.8 Å². The van der Waals surface area contributed by atoms with E-state index in [4.69, 9.17) is 21.4 Å². The molecule has 1 aliphatic rings. The molecule has 1 fully saturated rings. The zero-order valence-corrected chi connectivity index (χ0v) is 12.1. The first kappa shape index (κ1) is 14.7. The topological polar surface area (TPSA) is 66.8 Å². The Balaban J connectivity index is 2.43. The van der Waals surface area contributed by atoms with Gasteiger partial charge in [0.05, 0.1) is 24.8 Å². The Hall–Kier alpha value is -0.660. The van der Waals surface area contributed by atoms with E-state index < -0.39 is 10.0 Å². The smallest absolute Gasteiger partial charge is 0.244 e. The standard InChI is InChI=1S/C12H16ClNO4S/c1-9-8-18-5-4-14(9)19(16,17)12-6-10(7-15)2-3-11(12)13/h2-3,6,9,15H,4-5,7-8H2,1H3. The van der Waals surface area contributed by atoms with E-state index in [2.05, 4.69) is 0 Å². The minimum atomic E-state index is -3.66. The number of morpholine rings is 1. The predicted molar refractivity (Wildman–Crippen MR) is 71.5 cm³/mol. The summed E-state index contributed by atoms with van der Waals surface area (Å²) in [4.78, 5) is 0.0365. The number of aliphatic hydroxyl groups is 1. The molecule has 19 heavy (non-hydrogen) atoms. The first-order valence-electron chi connectivity index (χ1n) is 5.95. The minimum Gasteiger partial charge on any atom is -0.392 e. The van der Waals surface area contributed by atoms with E-state index >= 15 is 0 Å². The van der Waals surface area contributed by atoms with Crippen molar-refractivity contribution in [2.24, 2.45) is 0 Å². The Morgan fingerprint density at radius 2 is 2.26 bits per heavy atom. The number of hydrogen-bond acceptors (Lipinski definition) is 4. The Kier molecular flexibility index (Phi) is 4.47. The van der Waals surface area contributed by atoms with Gasteiger partial charge in [-0.2, -0.15) is 4.31 Å². The molecule has 1 aromatic rings. The zero-order valence-electron chi connectivity index (χ0n) is 10.5. The van der Waals surface area contributed by atoms with E-state index in [0.717, 1.165) is 0 Å². The third kappa shape index (κ3) is 2.93. The summed E-state index contributed by atoms with van der Waals surface area (Å²) in [5, 5.41) is 9.27. The molecule has 1 unspecified atom stereocenters. The van der Waals surface area contributed by atoms with E-state index in [1.54, 1.807) is 13.0 Å². The molecule has 2 rings (SSSR count). The van der Waals surface area contributed by atoms with Crippen LogP contribution in [0.25, 0.3) is 0 Å². The number of sulfonamides is 1. The molecule has 0 spiro atoms. The van der Waals surface area contributed by atoms with Gasteiger partial charge in [0.1, 0.15) is 4.90 Å². The van der Waals surface area contributed by atoms with Gasteiger partial charge in [0.15, 0.2) is 0 Å². The van der Waals surface area contributed by atoms with Crippen LogP contribution in [0.5, 0.6) is 0 Å². The fourth-order valence-corrected chi connectivity index (χ4v) is 4.17. The van der Waals surface area contributed by atoms with Gasteiger partial charge in [-0.25, -0.2) is 8.42 Å². The van der Waals surface area contributed by atoms with Gasteiger partial charge in [0, 0.05) is 12.6 Å². The third-order valence-corrected chi connectivity index (χ3v) is 5.57. The number of benzene rings is 1. The SMILES string of the molecule is CC1COCCN1S(=O)(=O)c1cc(CO)ccc1Cl. The van der Waals surface area contributed by atoms with Crippen LogP contribution in [-0.4, -0.2) is 43.6 Å². The summed E-state index contributed by atoms with van der Waals surface area (Å²) in [5.74, 6) is 0. The summed E-state index contributed by atoms with van der Waals surface area (Å²) in [6, 6.07) is 4.28. The van der Waals surface area contributed by atoms with Crippen molar-refractivity contribution >= 4 is 21.6 Å². The second kappa shape index (κ2) is 5.76. The van der Waals surface area contributed by atoms with Crippen LogP contribution in [0.15, 0.2) is 23.1 Å². The molecule has 0 aromatic heterocycles. The Morgan fingerprint density at radius 3 is 2.89 bits per heavy atom. The molecule has 0 radical (unpaired) electrons. The molecule has 0 amide bonds. The van der Waals surface area contributed by atoms with Gasteiger partial charge in [-0.1, -0.05) is 17.7 Å². The highest BCUT2D eigenvalue weighted by Crippen LogP contribution is 2.28. The van der Waals surface area contributed by atoms with Crippen LogP contribution < -0.4 is 0 Å². The van der Waals surface area contributed by atoms with Crippen LogP contribution in [0.4, 0.5) is 0 Å². The van der Waals surface area contributed by atoms with Crippen LogP contribution in [0.3, 0.4) is 0 Å². The summed E-state index contributed by atoms with van der Waals surface area (Å²) in [7, 11) is -3.66. The number of halogens is 1. The average molecular weight is 306 g/mol. The van der Waals surface area contributed by atoms with Crippen LogP contribution in [0.2, 0.25) is 5.02 Å². The van der Waals surface area contributed by atoms with Crippen LogP contribution >= 0.6 is 11.6 Å². The van der Waals surface area contributed by atoms with Gasteiger partial charge in [0.2, 0.25) is 10.0 Å². The van der Waals surface area contributed by atoms with E-state index in [9.17, 15) is 8.42 Å². The summed E-state index contributed by atoms with van der Waals surface area (Å²) in [6.07, 6.45) is 0. The molecule has 5 nitrogen and oxygen atoms in total. The van der Waals surface area contributed by atoms with Crippen molar-refractivity contribution in [3.8, 4) is 0 Å². The van der Waals surface area contributed by atoms with E-state index in [-0.39, 0.29) is 22.6 Å². The quantitative estimate of drug-likeness (QED) is 0.912. The van der Waals surface area contributed by atoms with Crippen LogP contribution in [-0.2, 0) is 21.4 Å². The Morgan fingerprint density at radius 1 is 1.53 bits per heavy atom. The van der Waals surface area contributed by atoms with Gasteiger partial charge in [-0.3, -0.25) is 0 Å². The number of hydrogen-bond donors (Lipinski definition) is 1. The second-order valence-electron chi connectivity index (χ2n) is 4.46. The predicted octanol–water partition coefficient (Wildman–Crippen LogP) is 1.24. The summed E-state index contributed by atoms with van der Waals surface area (Å²) in [5.41, 5.74) is 0.517.